The maximum Gasteiger partial charge on any atom is 0.673 e. The third kappa shape index (κ3) is 18.1. The van der Waals surface area contributed by atoms with E-state index in [4.69, 9.17) is 0 Å². The number of furan rings is 1. The van der Waals surface area contributed by atoms with Gasteiger partial charge in [-0.3, -0.25) is 9.59 Å². The van der Waals surface area contributed by atoms with Gasteiger partial charge in [-0.25, -0.2) is 9.13 Å². The van der Waals surface area contributed by atoms with Crippen LogP contribution in [0.4, 0.5) is 34.5 Å². The molecule has 0 radical (unpaired) electrons. The highest BCUT2D eigenvalue weighted by Gasteiger charge is 2.22. The molecule has 0 aliphatic carbocycles. The Morgan fingerprint density at radius 1 is 0.757 bits per heavy atom. The normalized spacial score (nSPS) is 10.4. The molecule has 0 aliphatic rings. The fraction of sp³-hybridized carbons (Fsp3) is 0.375. The van der Waals surface area contributed by atoms with E-state index in [1.807, 2.05) is 26.0 Å². The van der Waals surface area contributed by atoms with Crippen LogP contribution in [0.25, 0.3) is 0 Å². The Hall–Kier alpha value is -2.83. The zero-order valence-electron chi connectivity index (χ0n) is 20.3. The van der Waals surface area contributed by atoms with E-state index >= 15 is 0 Å². The number of thiol groups is 2. The highest BCUT2D eigenvalue weighted by Crippen LogP contribution is 2.07. The van der Waals surface area contributed by atoms with Crippen LogP contribution < -0.4 is 9.36 Å². The van der Waals surface area contributed by atoms with Crippen LogP contribution in [0.1, 0.15) is 32.9 Å². The van der Waals surface area contributed by atoms with Gasteiger partial charge in [0.25, 0.3) is 21.9 Å². The Morgan fingerprint density at radius 3 is 1.08 bits per heavy atom. The second-order valence-electron chi connectivity index (χ2n) is 6.50. The smallest absolute Gasteiger partial charge is 0.473 e. The van der Waals surface area contributed by atoms with Gasteiger partial charge < -0.3 is 38.9 Å². The molecule has 3 aromatic heterocycles. The molecule has 0 atom stereocenters. The predicted octanol–water partition coefficient (Wildman–Crippen LogP) is 3.13. The number of halogens is 8. The molecule has 0 spiro atoms. The number of aromatic nitrogens is 6. The molecule has 3 aromatic rings. The van der Waals surface area contributed by atoms with Crippen LogP contribution >= 0.6 is 25.3 Å². The third-order valence-electron chi connectivity index (χ3n) is 3.84. The standard InChI is InChI=1S/2C6H9N3OS.C4H4O.2BF4/c2*1-4-8(2)5(6(10)11)7-9(4)3;1-2-4-5-3-1;2*2-1(3,4)5/h2*1-3H3;1-4H;;/q;;;2*-1/p+2. The van der Waals surface area contributed by atoms with Crippen LogP contribution in [-0.4, -0.2) is 44.1 Å². The summed E-state index contributed by atoms with van der Waals surface area (Å²) in [5, 5.41) is 7.31. The van der Waals surface area contributed by atoms with Crippen molar-refractivity contribution >= 4 is 50.0 Å². The summed E-state index contributed by atoms with van der Waals surface area (Å²) in [6, 6.07) is 3.67. The van der Waals surface area contributed by atoms with Gasteiger partial charge in [-0.05, 0) is 22.3 Å². The molecule has 0 fully saturated rings. The summed E-state index contributed by atoms with van der Waals surface area (Å²) < 4.78 is 89.3. The first kappa shape index (κ1) is 36.3. The molecule has 37 heavy (non-hydrogen) atoms. The second-order valence-corrected chi connectivity index (χ2v) is 7.31. The first-order valence-electron chi connectivity index (χ1n) is 9.55. The number of hydrogen-bond donors (Lipinski definition) is 2. The fourth-order valence-electron chi connectivity index (χ4n) is 1.90. The average Bonchev–Trinajstić information content (AvgIpc) is 3.43. The predicted molar refractivity (Wildman–Crippen MR) is 124 cm³/mol. The van der Waals surface area contributed by atoms with E-state index in [9.17, 15) is 44.1 Å². The van der Waals surface area contributed by atoms with Crippen molar-refractivity contribution in [1.82, 2.24) is 19.3 Å². The lowest BCUT2D eigenvalue weighted by atomic mass is 10.3. The molecule has 0 N–H and O–H groups in total. The Labute approximate surface area is 217 Å². The molecular weight excluding hydrogens is 562 g/mol. The molecule has 3 heterocycles. The lowest BCUT2D eigenvalue weighted by Gasteiger charge is -1.94. The lowest BCUT2D eigenvalue weighted by molar-refractivity contribution is -0.734. The molecule has 0 unspecified atom stereocenters. The van der Waals surface area contributed by atoms with Gasteiger partial charge in [-0.1, -0.05) is 25.3 Å². The van der Waals surface area contributed by atoms with Gasteiger partial charge in [-0.15, -0.1) is 9.36 Å². The number of rotatable bonds is 2. The van der Waals surface area contributed by atoms with Crippen LogP contribution in [0.15, 0.2) is 29.1 Å². The van der Waals surface area contributed by atoms with Crippen molar-refractivity contribution in [2.24, 2.45) is 28.2 Å². The van der Waals surface area contributed by atoms with E-state index in [0.717, 1.165) is 11.6 Å². The van der Waals surface area contributed by atoms with Crippen molar-refractivity contribution in [1.29, 1.82) is 0 Å². The SMILES string of the molecule is Cc1n(C)c(C(=O)S)n[n+]1C.Cc1n(C)c(C(=O)S)n[n+]1C.F[B-](F)(F)F.F[B-](F)(F)F.c1ccoc1. The van der Waals surface area contributed by atoms with Crippen molar-refractivity contribution in [3.05, 3.63) is 48.0 Å². The fourth-order valence-corrected chi connectivity index (χ4v) is 2.29. The second kappa shape index (κ2) is 16.1. The number of hydrogen-bond acceptors (Lipinski definition) is 5. The van der Waals surface area contributed by atoms with Gasteiger partial charge in [0.05, 0.1) is 26.6 Å². The topological polar surface area (TPSA) is 90.7 Å². The lowest BCUT2D eigenvalue weighted by Crippen LogP contribution is -2.33. The highest BCUT2D eigenvalue weighted by molar-refractivity contribution is 7.97. The first-order valence-corrected chi connectivity index (χ1v) is 10.4. The van der Waals surface area contributed by atoms with E-state index < -0.39 is 14.5 Å². The zero-order chi connectivity index (χ0) is 29.7. The third-order valence-corrected chi connectivity index (χ3v) is 4.24. The highest BCUT2D eigenvalue weighted by atomic mass is 32.1. The van der Waals surface area contributed by atoms with Crippen LogP contribution in [0, 0.1) is 13.8 Å². The van der Waals surface area contributed by atoms with Gasteiger partial charge >= 0.3 is 26.2 Å². The molecule has 3 rings (SSSR count). The summed E-state index contributed by atoms with van der Waals surface area (Å²) in [7, 11) is -4.86. The van der Waals surface area contributed by atoms with Crippen LogP contribution in [0.3, 0.4) is 0 Å². The Balaban J connectivity index is 0. The van der Waals surface area contributed by atoms with Crippen molar-refractivity contribution in [3.8, 4) is 0 Å². The van der Waals surface area contributed by atoms with E-state index in [-0.39, 0.29) is 10.2 Å². The van der Waals surface area contributed by atoms with E-state index in [0.29, 0.717) is 11.6 Å². The molecular formula is C16H24B2F8N6O3S2. The Bertz CT molecular complexity index is 1020. The van der Waals surface area contributed by atoms with Crippen molar-refractivity contribution < 1.29 is 57.9 Å². The maximum absolute atomic E-state index is 10.8. The number of carbonyl (C=O) groups excluding carboxylic acids is 2. The zero-order valence-corrected chi connectivity index (χ0v) is 22.1. The summed E-state index contributed by atoms with van der Waals surface area (Å²) in [4.78, 5) is 21.6. The number of nitrogens with zero attached hydrogens (tertiary/aromatic N) is 6. The van der Waals surface area contributed by atoms with Gasteiger partial charge in [0.15, 0.2) is 0 Å². The van der Waals surface area contributed by atoms with Crippen molar-refractivity contribution in [3.63, 3.8) is 0 Å². The first-order chi connectivity index (χ1) is 16.6. The molecule has 0 aromatic carbocycles. The molecule has 0 bridgehead atoms. The van der Waals surface area contributed by atoms with Gasteiger partial charge in [0, 0.05) is 13.8 Å². The minimum absolute atomic E-state index is 0.309. The van der Waals surface area contributed by atoms with Gasteiger partial charge in [0.2, 0.25) is 0 Å². The summed E-state index contributed by atoms with van der Waals surface area (Å²) in [5.41, 5.74) is 0. The van der Waals surface area contributed by atoms with Crippen LogP contribution in [0.2, 0.25) is 0 Å². The quantitative estimate of drug-likeness (QED) is 0.209. The van der Waals surface area contributed by atoms with Gasteiger partial charge in [-0.2, -0.15) is 0 Å². The molecule has 21 heteroatoms. The summed E-state index contributed by atoms with van der Waals surface area (Å²) in [6.07, 6.45) is 3.25. The van der Waals surface area contributed by atoms with E-state index in [1.165, 1.54) is 0 Å². The van der Waals surface area contributed by atoms with Crippen molar-refractivity contribution in [2.45, 2.75) is 13.8 Å². The molecule has 0 aliphatic heterocycles. The molecule has 0 saturated carbocycles. The van der Waals surface area contributed by atoms with Crippen LogP contribution in [-0.2, 0) is 28.2 Å². The molecule has 9 nitrogen and oxygen atoms in total. The number of carbonyl (C=O) groups is 2. The van der Waals surface area contributed by atoms with E-state index in [1.54, 1.807) is 59.2 Å². The largest absolute Gasteiger partial charge is 0.673 e. The molecule has 210 valence electrons. The minimum atomic E-state index is -6.00. The maximum atomic E-state index is 10.8. The average molecular weight is 586 g/mol. The van der Waals surface area contributed by atoms with Gasteiger partial charge in [0.1, 0.15) is 14.1 Å². The minimum Gasteiger partial charge on any atom is -0.473 e. The summed E-state index contributed by atoms with van der Waals surface area (Å²) in [6.45, 7) is 3.76. The molecule has 0 saturated heterocycles. The number of aryl methyl sites for hydroxylation is 2. The Morgan fingerprint density at radius 2 is 1.00 bits per heavy atom. The molecule has 0 amide bonds. The monoisotopic (exact) mass is 586 g/mol. The van der Waals surface area contributed by atoms with E-state index in [2.05, 4.69) is 39.9 Å². The summed E-state index contributed by atoms with van der Waals surface area (Å²) in [5.74, 6) is 2.58. The summed E-state index contributed by atoms with van der Waals surface area (Å²) >= 11 is 7.36. The Kier molecular flexibility index (Phi) is 15.8. The van der Waals surface area contributed by atoms with Crippen molar-refractivity contribution in [2.75, 3.05) is 0 Å². The van der Waals surface area contributed by atoms with Crippen LogP contribution in [0.5, 0.6) is 0 Å².